The second-order valence-electron chi connectivity index (χ2n) is 8.07. The van der Waals surface area contributed by atoms with E-state index in [2.05, 4.69) is 5.32 Å². The molecule has 1 aromatic carbocycles. The smallest absolute Gasteiger partial charge is 0.417 e. The Morgan fingerprint density at radius 1 is 1.19 bits per heavy atom. The number of benzene rings is 1. The van der Waals surface area contributed by atoms with Crippen molar-refractivity contribution in [3.63, 3.8) is 0 Å². The average Bonchev–Trinajstić information content (AvgIpc) is 2.87. The molecule has 7 nitrogen and oxygen atoms in total. The standard InChI is InChI=1S/C20H26N2O5/c1-20(2,3)27-19(25)22-14-9-10-16(15(11-14)17(22)23)21-18(24)26-12-13-7-5-4-6-8-13/h4-8,14-16H,9-12H2,1-3H3,(H,21,24)/t14-,15?,16+/m1/s1. The van der Waals surface area contributed by atoms with Crippen molar-refractivity contribution in [2.45, 2.75) is 64.3 Å². The van der Waals surface area contributed by atoms with Crippen LogP contribution >= 0.6 is 0 Å². The molecule has 3 rings (SSSR count). The first kappa shape index (κ1) is 19.2. The molecule has 1 unspecified atom stereocenters. The molecule has 146 valence electrons. The molecular formula is C20H26N2O5. The topological polar surface area (TPSA) is 84.9 Å². The van der Waals surface area contributed by atoms with Gasteiger partial charge in [0.25, 0.3) is 0 Å². The number of hydrogen-bond donors (Lipinski definition) is 1. The van der Waals surface area contributed by atoms with E-state index in [9.17, 15) is 14.4 Å². The summed E-state index contributed by atoms with van der Waals surface area (Å²) in [5.74, 6) is -0.694. The number of carbonyl (C=O) groups is 3. The van der Waals surface area contributed by atoms with E-state index in [1.54, 1.807) is 20.8 Å². The van der Waals surface area contributed by atoms with E-state index in [1.165, 1.54) is 4.90 Å². The number of likely N-dealkylation sites (tertiary alicyclic amines) is 1. The molecule has 2 fully saturated rings. The maximum atomic E-state index is 12.7. The molecule has 1 aromatic rings. The lowest BCUT2D eigenvalue weighted by Crippen LogP contribution is -2.44. The predicted molar refractivity (Wildman–Crippen MR) is 97.8 cm³/mol. The van der Waals surface area contributed by atoms with Crippen molar-refractivity contribution in [2.24, 2.45) is 5.92 Å². The number of imide groups is 1. The van der Waals surface area contributed by atoms with Crippen LogP contribution in [0.1, 0.15) is 45.6 Å². The Morgan fingerprint density at radius 3 is 2.56 bits per heavy atom. The average molecular weight is 374 g/mol. The number of nitrogens with one attached hydrogen (secondary N) is 1. The van der Waals surface area contributed by atoms with Gasteiger partial charge in [0.15, 0.2) is 0 Å². The Hall–Kier alpha value is -2.57. The van der Waals surface area contributed by atoms with Gasteiger partial charge in [-0.3, -0.25) is 4.79 Å². The molecule has 1 saturated carbocycles. The fourth-order valence-electron chi connectivity index (χ4n) is 3.65. The zero-order valence-electron chi connectivity index (χ0n) is 15.9. The Morgan fingerprint density at radius 2 is 1.89 bits per heavy atom. The maximum Gasteiger partial charge on any atom is 0.417 e. The Labute approximate surface area is 159 Å². The summed E-state index contributed by atoms with van der Waals surface area (Å²) in [6.07, 6.45) is 0.659. The molecule has 1 saturated heterocycles. The Bertz CT molecular complexity index is 713. The first-order valence-electron chi connectivity index (χ1n) is 9.28. The number of nitrogens with zero attached hydrogens (tertiary/aromatic N) is 1. The van der Waals surface area contributed by atoms with Crippen LogP contribution in [0.25, 0.3) is 0 Å². The highest BCUT2D eigenvalue weighted by Gasteiger charge is 2.51. The van der Waals surface area contributed by atoms with E-state index in [0.717, 1.165) is 5.56 Å². The van der Waals surface area contributed by atoms with Crippen LogP contribution in [-0.2, 0) is 20.9 Å². The van der Waals surface area contributed by atoms with Crippen LogP contribution in [0.4, 0.5) is 9.59 Å². The lowest BCUT2D eigenvalue weighted by Gasteiger charge is -2.28. The van der Waals surface area contributed by atoms with Gasteiger partial charge in [0.05, 0.1) is 5.92 Å². The van der Waals surface area contributed by atoms with Crippen molar-refractivity contribution >= 4 is 18.1 Å². The number of rotatable bonds is 3. The third kappa shape index (κ3) is 4.59. The highest BCUT2D eigenvalue weighted by Crippen LogP contribution is 2.37. The largest absolute Gasteiger partial charge is 0.445 e. The quantitative estimate of drug-likeness (QED) is 0.878. The van der Waals surface area contributed by atoms with Crippen LogP contribution in [0, 0.1) is 5.92 Å². The van der Waals surface area contributed by atoms with Crippen molar-refractivity contribution in [1.82, 2.24) is 10.2 Å². The van der Waals surface area contributed by atoms with E-state index in [4.69, 9.17) is 9.47 Å². The number of ether oxygens (including phenoxy) is 2. The summed E-state index contributed by atoms with van der Waals surface area (Å²) >= 11 is 0. The third-order valence-electron chi connectivity index (χ3n) is 4.85. The summed E-state index contributed by atoms with van der Waals surface area (Å²) in [4.78, 5) is 38.4. The van der Waals surface area contributed by atoms with Gasteiger partial charge in [-0.1, -0.05) is 30.3 Å². The first-order chi connectivity index (χ1) is 12.7. The van der Waals surface area contributed by atoms with E-state index in [0.29, 0.717) is 19.3 Å². The second kappa shape index (κ2) is 7.58. The first-order valence-corrected chi connectivity index (χ1v) is 9.28. The van der Waals surface area contributed by atoms with E-state index in [-0.39, 0.29) is 24.6 Å². The molecule has 1 heterocycles. The highest BCUT2D eigenvalue weighted by molar-refractivity contribution is 5.96. The molecule has 3 amide bonds. The van der Waals surface area contributed by atoms with Crippen molar-refractivity contribution < 1.29 is 23.9 Å². The third-order valence-corrected chi connectivity index (χ3v) is 4.85. The minimum atomic E-state index is -0.660. The SMILES string of the molecule is CC(C)(C)OC(=O)N1C(=O)C2C[C@H]1CC[C@@H]2NC(=O)OCc1ccccc1. The highest BCUT2D eigenvalue weighted by atomic mass is 16.6. The van der Waals surface area contributed by atoms with Crippen LogP contribution in [0.2, 0.25) is 0 Å². The summed E-state index contributed by atoms with van der Waals surface area (Å²) < 4.78 is 10.6. The van der Waals surface area contributed by atoms with Gasteiger partial charge in [-0.25, -0.2) is 14.5 Å². The summed E-state index contributed by atoms with van der Waals surface area (Å²) in [6, 6.07) is 8.90. The molecule has 1 N–H and O–H groups in total. The van der Waals surface area contributed by atoms with Gasteiger partial charge in [0.2, 0.25) is 5.91 Å². The van der Waals surface area contributed by atoms with Gasteiger partial charge in [-0.05, 0) is 45.6 Å². The van der Waals surface area contributed by atoms with E-state index >= 15 is 0 Å². The summed E-state index contributed by atoms with van der Waals surface area (Å²) in [6.45, 7) is 5.48. The van der Waals surface area contributed by atoms with Gasteiger partial charge in [-0.2, -0.15) is 0 Å². The Balaban J connectivity index is 1.56. The lowest BCUT2D eigenvalue weighted by molar-refractivity contribution is -0.131. The lowest BCUT2D eigenvalue weighted by atomic mass is 9.85. The molecule has 2 aliphatic rings. The van der Waals surface area contributed by atoms with Crippen LogP contribution in [-0.4, -0.2) is 40.7 Å². The molecular weight excluding hydrogens is 348 g/mol. The monoisotopic (exact) mass is 374 g/mol. The predicted octanol–water partition coefficient (Wildman–Crippen LogP) is 3.23. The summed E-state index contributed by atoms with van der Waals surface area (Å²) in [7, 11) is 0. The van der Waals surface area contributed by atoms with Crippen LogP contribution in [0.15, 0.2) is 30.3 Å². The van der Waals surface area contributed by atoms with Crippen molar-refractivity contribution in [3.8, 4) is 0 Å². The Kier molecular flexibility index (Phi) is 5.39. The van der Waals surface area contributed by atoms with Gasteiger partial charge >= 0.3 is 12.2 Å². The van der Waals surface area contributed by atoms with Crippen molar-refractivity contribution in [2.75, 3.05) is 0 Å². The number of alkyl carbamates (subject to hydrolysis) is 1. The molecule has 27 heavy (non-hydrogen) atoms. The molecule has 3 atom stereocenters. The van der Waals surface area contributed by atoms with Gasteiger partial charge in [0.1, 0.15) is 12.2 Å². The normalized spacial score (nSPS) is 24.5. The fraction of sp³-hybridized carbons (Fsp3) is 0.550. The van der Waals surface area contributed by atoms with Crippen molar-refractivity contribution in [3.05, 3.63) is 35.9 Å². The molecule has 0 aromatic heterocycles. The minimum absolute atomic E-state index is 0.157. The molecule has 0 spiro atoms. The number of hydrogen-bond acceptors (Lipinski definition) is 5. The number of carbonyl (C=O) groups excluding carboxylic acids is 3. The van der Waals surface area contributed by atoms with Crippen LogP contribution in [0.5, 0.6) is 0 Å². The fourth-order valence-corrected chi connectivity index (χ4v) is 3.65. The maximum absolute atomic E-state index is 12.7. The van der Waals surface area contributed by atoms with Gasteiger partial charge in [0, 0.05) is 12.1 Å². The zero-order valence-corrected chi connectivity index (χ0v) is 15.9. The van der Waals surface area contributed by atoms with Gasteiger partial charge in [-0.15, -0.1) is 0 Å². The molecule has 2 bridgehead atoms. The molecule has 1 aliphatic carbocycles. The van der Waals surface area contributed by atoms with Crippen LogP contribution in [0.3, 0.4) is 0 Å². The van der Waals surface area contributed by atoms with Gasteiger partial charge < -0.3 is 14.8 Å². The number of fused-ring (bicyclic) bond motifs is 2. The molecule has 0 radical (unpaired) electrons. The van der Waals surface area contributed by atoms with E-state index < -0.39 is 23.7 Å². The molecule has 1 aliphatic heterocycles. The summed E-state index contributed by atoms with van der Waals surface area (Å²) in [5, 5.41) is 2.79. The summed E-state index contributed by atoms with van der Waals surface area (Å²) in [5.41, 5.74) is 0.233. The zero-order chi connectivity index (χ0) is 19.6. The number of amides is 3. The van der Waals surface area contributed by atoms with Crippen molar-refractivity contribution in [1.29, 1.82) is 0 Å². The minimum Gasteiger partial charge on any atom is -0.445 e. The van der Waals surface area contributed by atoms with E-state index in [1.807, 2.05) is 30.3 Å². The molecule has 7 heteroatoms. The second-order valence-corrected chi connectivity index (χ2v) is 8.07. The van der Waals surface area contributed by atoms with Crippen LogP contribution < -0.4 is 5.32 Å².